The summed E-state index contributed by atoms with van der Waals surface area (Å²) in [5.41, 5.74) is 7.89. The molecule has 0 aliphatic rings. The van der Waals surface area contributed by atoms with Gasteiger partial charge >= 0.3 is 5.97 Å². The van der Waals surface area contributed by atoms with Crippen molar-refractivity contribution in [2.75, 3.05) is 13.2 Å². The Hall–Kier alpha value is -2.14. The highest BCUT2D eigenvalue weighted by Crippen LogP contribution is 2.28. The van der Waals surface area contributed by atoms with E-state index >= 15 is 0 Å². The van der Waals surface area contributed by atoms with Gasteiger partial charge in [0.05, 0.1) is 18.7 Å². The Morgan fingerprint density at radius 3 is 2.56 bits per heavy atom. The first-order valence-electron chi connectivity index (χ1n) is 5.17. The second-order valence-corrected chi connectivity index (χ2v) is 3.39. The van der Waals surface area contributed by atoms with Crippen LogP contribution in [0.3, 0.4) is 0 Å². The number of carbonyl (C=O) groups excluding carboxylic acids is 1. The van der Waals surface area contributed by atoms with Gasteiger partial charge in [-0.25, -0.2) is 13.6 Å². The van der Waals surface area contributed by atoms with Crippen molar-refractivity contribution in [2.45, 2.75) is 12.8 Å². The number of benzene rings is 1. The van der Waals surface area contributed by atoms with Crippen molar-refractivity contribution in [3.63, 3.8) is 0 Å². The predicted octanol–water partition coefficient (Wildman–Crippen LogP) is 3.27. The summed E-state index contributed by atoms with van der Waals surface area (Å²) in [6.45, 7) is 0.913. The van der Waals surface area contributed by atoms with Crippen LogP contribution in [-0.4, -0.2) is 19.1 Å². The van der Waals surface area contributed by atoms with E-state index in [9.17, 15) is 13.6 Å². The van der Waals surface area contributed by atoms with Gasteiger partial charge in [-0.3, -0.25) is 0 Å². The fraction of sp³-hybridized carbons (Fsp3) is 0.364. The highest BCUT2D eigenvalue weighted by molar-refractivity contribution is 5.89. The van der Waals surface area contributed by atoms with Crippen molar-refractivity contribution in [2.24, 2.45) is 5.11 Å². The minimum absolute atomic E-state index is 0.195. The normalized spacial score (nSPS) is 10.6. The monoisotopic (exact) mass is 255 g/mol. The largest absolute Gasteiger partial charge is 0.462 e. The zero-order valence-corrected chi connectivity index (χ0v) is 9.64. The van der Waals surface area contributed by atoms with E-state index in [-0.39, 0.29) is 17.7 Å². The second kappa shape index (κ2) is 5.97. The minimum Gasteiger partial charge on any atom is -0.462 e. The average Bonchev–Trinajstić information content (AvgIpc) is 2.37. The van der Waals surface area contributed by atoms with Crippen LogP contribution >= 0.6 is 0 Å². The molecule has 18 heavy (non-hydrogen) atoms. The molecule has 0 radical (unpaired) electrons. The van der Waals surface area contributed by atoms with Gasteiger partial charge in [-0.05, 0) is 24.6 Å². The van der Waals surface area contributed by atoms with Crippen molar-refractivity contribution in [3.05, 3.63) is 45.8 Å². The van der Waals surface area contributed by atoms with Crippen LogP contribution in [0.25, 0.3) is 10.4 Å². The summed E-state index contributed by atoms with van der Waals surface area (Å²) >= 11 is 0. The van der Waals surface area contributed by atoms with Crippen LogP contribution in [0.5, 0.6) is 0 Å². The zero-order valence-electron chi connectivity index (χ0n) is 9.64. The van der Waals surface area contributed by atoms with Gasteiger partial charge in [0.15, 0.2) is 0 Å². The Morgan fingerprint density at radius 2 is 2.06 bits per heavy atom. The van der Waals surface area contributed by atoms with E-state index in [1.165, 1.54) is 12.1 Å². The molecule has 0 aliphatic heterocycles. The molecular weight excluding hydrogens is 244 g/mol. The highest BCUT2D eigenvalue weighted by Gasteiger charge is 2.30. The lowest BCUT2D eigenvalue weighted by atomic mass is 10.1. The molecule has 0 aliphatic carbocycles. The molecule has 0 amide bonds. The number of esters is 1. The van der Waals surface area contributed by atoms with Crippen molar-refractivity contribution in [1.82, 2.24) is 0 Å². The quantitative estimate of drug-likeness (QED) is 0.350. The topological polar surface area (TPSA) is 75.1 Å². The van der Waals surface area contributed by atoms with Crippen molar-refractivity contribution < 1.29 is 18.3 Å². The van der Waals surface area contributed by atoms with Gasteiger partial charge in [0.25, 0.3) is 5.92 Å². The van der Waals surface area contributed by atoms with E-state index in [1.54, 1.807) is 6.92 Å². The second-order valence-electron chi connectivity index (χ2n) is 3.39. The summed E-state index contributed by atoms with van der Waals surface area (Å²) in [7, 11) is 0. The van der Waals surface area contributed by atoms with Crippen molar-refractivity contribution in [3.8, 4) is 0 Å². The van der Waals surface area contributed by atoms with Crippen LogP contribution < -0.4 is 0 Å². The van der Waals surface area contributed by atoms with E-state index in [1.807, 2.05) is 0 Å². The summed E-state index contributed by atoms with van der Waals surface area (Å²) in [5.74, 6) is -3.82. The Labute approximate surface area is 102 Å². The van der Waals surface area contributed by atoms with Crippen LogP contribution in [0.4, 0.5) is 8.78 Å². The van der Waals surface area contributed by atoms with E-state index in [0.717, 1.165) is 12.1 Å². The molecule has 0 saturated heterocycles. The van der Waals surface area contributed by atoms with Crippen molar-refractivity contribution >= 4 is 5.97 Å². The minimum atomic E-state index is -3.25. The first kappa shape index (κ1) is 13.9. The molecule has 1 rings (SSSR count). The van der Waals surface area contributed by atoms with E-state index < -0.39 is 18.4 Å². The van der Waals surface area contributed by atoms with E-state index in [0.29, 0.717) is 0 Å². The number of hydrogen-bond acceptors (Lipinski definition) is 3. The van der Waals surface area contributed by atoms with Gasteiger partial charge in [0.1, 0.15) is 0 Å². The molecule has 0 heterocycles. The third kappa shape index (κ3) is 3.43. The molecular formula is C11H11F2N3O2. The van der Waals surface area contributed by atoms with Crippen molar-refractivity contribution in [1.29, 1.82) is 0 Å². The van der Waals surface area contributed by atoms with Gasteiger partial charge in [0.2, 0.25) is 0 Å². The first-order valence-corrected chi connectivity index (χ1v) is 5.17. The predicted molar refractivity (Wildman–Crippen MR) is 60.3 cm³/mol. The van der Waals surface area contributed by atoms with Crippen LogP contribution in [0.1, 0.15) is 22.8 Å². The molecule has 0 bridgehead atoms. The smallest absolute Gasteiger partial charge is 0.338 e. The van der Waals surface area contributed by atoms with E-state index in [4.69, 9.17) is 10.3 Å². The molecule has 0 saturated carbocycles. The SMILES string of the molecule is CCOC(=O)c1ccc(C(F)(F)CN=[N+]=[N-])cc1. The number of rotatable bonds is 5. The molecule has 0 N–H and O–H groups in total. The standard InChI is InChI=1S/C11H11F2N3O2/c1-2-18-10(17)8-3-5-9(6-4-8)11(12,13)7-15-16-14/h3-6H,2,7H2,1H3. The molecule has 96 valence electrons. The van der Waals surface area contributed by atoms with Crippen LogP contribution in [0.2, 0.25) is 0 Å². The lowest BCUT2D eigenvalue weighted by Crippen LogP contribution is -2.17. The maximum Gasteiger partial charge on any atom is 0.338 e. The van der Waals surface area contributed by atoms with Gasteiger partial charge in [0, 0.05) is 10.5 Å². The molecule has 0 atom stereocenters. The summed E-state index contributed by atoms with van der Waals surface area (Å²) in [6.07, 6.45) is 0. The molecule has 0 aromatic heterocycles. The Bertz CT molecular complexity index is 468. The highest BCUT2D eigenvalue weighted by atomic mass is 19.3. The molecule has 0 spiro atoms. The Kier molecular flexibility index (Phi) is 4.62. The lowest BCUT2D eigenvalue weighted by molar-refractivity contribution is 0.00602. The molecule has 1 aromatic carbocycles. The fourth-order valence-corrected chi connectivity index (χ4v) is 1.28. The third-order valence-electron chi connectivity index (χ3n) is 2.15. The summed E-state index contributed by atoms with van der Waals surface area (Å²) in [5, 5.41) is 2.85. The van der Waals surface area contributed by atoms with Crippen LogP contribution in [0, 0.1) is 0 Å². The van der Waals surface area contributed by atoms with Gasteiger partial charge in [-0.1, -0.05) is 17.2 Å². The lowest BCUT2D eigenvalue weighted by Gasteiger charge is -2.14. The number of ether oxygens (including phenoxy) is 1. The average molecular weight is 255 g/mol. The maximum absolute atomic E-state index is 13.4. The molecule has 7 heteroatoms. The fourth-order valence-electron chi connectivity index (χ4n) is 1.28. The summed E-state index contributed by atoms with van der Waals surface area (Å²) < 4.78 is 31.6. The van der Waals surface area contributed by atoms with E-state index in [2.05, 4.69) is 10.0 Å². The number of azide groups is 1. The Morgan fingerprint density at radius 1 is 1.44 bits per heavy atom. The number of hydrogen-bond donors (Lipinski definition) is 0. The summed E-state index contributed by atoms with van der Waals surface area (Å²) in [4.78, 5) is 13.6. The molecule has 1 aromatic rings. The molecule has 0 fully saturated rings. The van der Waals surface area contributed by atoms with Crippen LogP contribution in [-0.2, 0) is 10.7 Å². The maximum atomic E-state index is 13.4. The number of carbonyl (C=O) groups is 1. The first-order chi connectivity index (χ1) is 8.51. The van der Waals surface area contributed by atoms with Gasteiger partial charge < -0.3 is 4.74 Å². The van der Waals surface area contributed by atoms with Crippen LogP contribution in [0.15, 0.2) is 29.4 Å². The molecule has 5 nitrogen and oxygen atoms in total. The number of nitrogens with zero attached hydrogens (tertiary/aromatic N) is 3. The van der Waals surface area contributed by atoms with Gasteiger partial charge in [-0.2, -0.15) is 0 Å². The zero-order chi connectivity index (χ0) is 13.6. The molecule has 0 unspecified atom stereocenters. The van der Waals surface area contributed by atoms with Gasteiger partial charge in [-0.15, -0.1) is 0 Å². The third-order valence-corrected chi connectivity index (χ3v) is 2.15. The number of halogens is 2. The Balaban J connectivity index is 2.88. The summed E-state index contributed by atoms with van der Waals surface area (Å²) in [6, 6.07) is 4.72. The number of alkyl halides is 2.